The van der Waals surface area contributed by atoms with Crippen LogP contribution in [0.1, 0.15) is 24.2 Å². The number of nitrogens with zero attached hydrogens (tertiary/aromatic N) is 2. The van der Waals surface area contributed by atoms with E-state index in [-0.39, 0.29) is 40.8 Å². The Morgan fingerprint density at radius 2 is 1.93 bits per heavy atom. The highest BCUT2D eigenvalue weighted by Crippen LogP contribution is 2.28. The van der Waals surface area contributed by atoms with Crippen molar-refractivity contribution in [2.75, 3.05) is 25.5 Å². The van der Waals surface area contributed by atoms with Gasteiger partial charge in [0.25, 0.3) is 5.91 Å². The lowest BCUT2D eigenvalue weighted by molar-refractivity contribution is -0.0440. The highest BCUT2D eigenvalue weighted by Gasteiger charge is 2.33. The molecule has 0 spiro atoms. The molecule has 2 aromatic rings. The lowest BCUT2D eigenvalue weighted by atomic mass is 10.2. The average molecular weight is 440 g/mol. The highest BCUT2D eigenvalue weighted by atomic mass is 35.5. The molecule has 2 atom stereocenters. The van der Waals surface area contributed by atoms with E-state index in [9.17, 15) is 13.2 Å². The molecule has 0 radical (unpaired) electrons. The SMILES string of the molecule is COc1ccc(NC(=O)c2ccc(Cl)c(S(=O)(=O)N3C[C@H](C)O[C@@H](C)C3)c2)cn1. The monoisotopic (exact) mass is 439 g/mol. The molecule has 1 amide bonds. The lowest BCUT2D eigenvalue weighted by Crippen LogP contribution is -2.48. The highest BCUT2D eigenvalue weighted by molar-refractivity contribution is 7.89. The summed E-state index contributed by atoms with van der Waals surface area (Å²) in [6.07, 6.45) is 0.976. The maximum Gasteiger partial charge on any atom is 0.255 e. The van der Waals surface area contributed by atoms with Crippen LogP contribution in [0.5, 0.6) is 5.88 Å². The number of hydrogen-bond acceptors (Lipinski definition) is 6. The Morgan fingerprint density at radius 1 is 1.24 bits per heavy atom. The summed E-state index contributed by atoms with van der Waals surface area (Å²) in [6.45, 7) is 4.06. The predicted octanol–water partition coefficient (Wildman–Crippen LogP) is 2.79. The van der Waals surface area contributed by atoms with E-state index >= 15 is 0 Å². The predicted molar refractivity (Wildman–Crippen MR) is 109 cm³/mol. The number of carbonyl (C=O) groups excluding carboxylic acids is 1. The molecule has 1 aromatic carbocycles. The Labute approximate surface area is 174 Å². The lowest BCUT2D eigenvalue weighted by Gasteiger charge is -2.34. The standard InChI is InChI=1S/C19H22ClN3O5S/c1-12-10-23(11-13(2)28-12)29(25,26)17-8-14(4-6-16(17)20)19(24)22-15-5-7-18(27-3)21-9-15/h4-9,12-13H,10-11H2,1-3H3,(H,22,24)/t12-,13-/m0/s1. The van der Waals surface area contributed by atoms with Crippen molar-refractivity contribution in [1.82, 2.24) is 9.29 Å². The van der Waals surface area contributed by atoms with Crippen LogP contribution < -0.4 is 10.1 Å². The van der Waals surface area contributed by atoms with E-state index in [1.165, 1.54) is 35.8 Å². The molecular formula is C19H22ClN3O5S. The zero-order valence-corrected chi connectivity index (χ0v) is 17.8. The number of pyridine rings is 1. The van der Waals surface area contributed by atoms with Crippen LogP contribution in [-0.4, -0.2) is 56.0 Å². The zero-order valence-electron chi connectivity index (χ0n) is 16.3. The molecule has 1 saturated heterocycles. The van der Waals surface area contributed by atoms with Gasteiger partial charge >= 0.3 is 0 Å². The molecule has 1 N–H and O–H groups in total. The smallest absolute Gasteiger partial charge is 0.255 e. The molecule has 1 fully saturated rings. The Hall–Kier alpha value is -2.20. The zero-order chi connectivity index (χ0) is 21.2. The summed E-state index contributed by atoms with van der Waals surface area (Å²) in [6, 6.07) is 7.40. The Morgan fingerprint density at radius 3 is 2.52 bits per heavy atom. The van der Waals surface area contributed by atoms with Crippen LogP contribution >= 0.6 is 11.6 Å². The molecule has 3 rings (SSSR count). The van der Waals surface area contributed by atoms with Gasteiger partial charge in [-0.15, -0.1) is 0 Å². The van der Waals surface area contributed by atoms with Crippen molar-refractivity contribution in [3.05, 3.63) is 47.1 Å². The summed E-state index contributed by atoms with van der Waals surface area (Å²) in [5.74, 6) is -0.0642. The van der Waals surface area contributed by atoms with E-state index in [4.69, 9.17) is 21.1 Å². The van der Waals surface area contributed by atoms with Crippen LogP contribution in [0.15, 0.2) is 41.4 Å². The van der Waals surface area contributed by atoms with Gasteiger partial charge in [-0.25, -0.2) is 13.4 Å². The molecule has 10 heteroatoms. The number of benzene rings is 1. The van der Waals surface area contributed by atoms with Crippen LogP contribution in [0.4, 0.5) is 5.69 Å². The van der Waals surface area contributed by atoms with Crippen LogP contribution in [0.25, 0.3) is 0 Å². The van der Waals surface area contributed by atoms with Crippen LogP contribution in [0.3, 0.4) is 0 Å². The molecule has 0 bridgehead atoms. The second kappa shape index (κ2) is 8.66. The van der Waals surface area contributed by atoms with Gasteiger partial charge in [0.15, 0.2) is 0 Å². The number of methoxy groups -OCH3 is 1. The number of carbonyl (C=O) groups is 1. The molecule has 0 aliphatic carbocycles. The van der Waals surface area contributed by atoms with Gasteiger partial charge in [0.05, 0.1) is 36.2 Å². The normalized spacial score (nSPS) is 20.3. The van der Waals surface area contributed by atoms with Crippen molar-refractivity contribution >= 4 is 33.2 Å². The summed E-state index contributed by atoms with van der Waals surface area (Å²) in [7, 11) is -2.39. The van der Waals surface area contributed by atoms with Crippen LogP contribution in [-0.2, 0) is 14.8 Å². The average Bonchev–Trinajstić information content (AvgIpc) is 2.68. The number of halogens is 1. The van der Waals surface area contributed by atoms with Crippen molar-refractivity contribution in [3.8, 4) is 5.88 Å². The van der Waals surface area contributed by atoms with E-state index in [1.54, 1.807) is 12.1 Å². The van der Waals surface area contributed by atoms with Gasteiger partial charge in [0.2, 0.25) is 15.9 Å². The van der Waals surface area contributed by atoms with Gasteiger partial charge in [-0.05, 0) is 38.1 Å². The molecule has 0 saturated carbocycles. The van der Waals surface area contributed by atoms with Gasteiger partial charge in [0, 0.05) is 24.7 Å². The number of rotatable bonds is 5. The Bertz CT molecular complexity index is 987. The van der Waals surface area contributed by atoms with Gasteiger partial charge < -0.3 is 14.8 Å². The maximum atomic E-state index is 13.1. The summed E-state index contributed by atoms with van der Waals surface area (Å²) in [4.78, 5) is 16.5. The minimum absolute atomic E-state index is 0.0551. The van der Waals surface area contributed by atoms with Gasteiger partial charge in [-0.3, -0.25) is 4.79 Å². The van der Waals surface area contributed by atoms with E-state index in [1.807, 2.05) is 13.8 Å². The molecule has 156 valence electrons. The largest absolute Gasteiger partial charge is 0.481 e. The number of hydrogen-bond donors (Lipinski definition) is 1. The summed E-state index contributed by atoms with van der Waals surface area (Å²) >= 11 is 6.18. The van der Waals surface area contributed by atoms with Gasteiger partial charge in [-0.1, -0.05) is 11.6 Å². The molecule has 2 heterocycles. The molecule has 8 nitrogen and oxygen atoms in total. The van der Waals surface area contributed by atoms with E-state index in [0.717, 1.165) is 0 Å². The second-order valence-electron chi connectivity index (χ2n) is 6.77. The number of morpholine rings is 1. The van der Waals surface area contributed by atoms with E-state index in [0.29, 0.717) is 11.6 Å². The third kappa shape index (κ3) is 4.87. The molecule has 1 aliphatic heterocycles. The van der Waals surface area contributed by atoms with Crippen LogP contribution in [0, 0.1) is 0 Å². The number of amides is 1. The first kappa shape index (κ1) is 21.5. The number of ether oxygens (including phenoxy) is 2. The van der Waals surface area contributed by atoms with E-state index in [2.05, 4.69) is 10.3 Å². The topological polar surface area (TPSA) is 97.8 Å². The fraction of sp³-hybridized carbons (Fsp3) is 0.368. The minimum atomic E-state index is -3.88. The summed E-state index contributed by atoms with van der Waals surface area (Å²) in [5.41, 5.74) is 0.615. The maximum absolute atomic E-state index is 13.1. The first-order valence-corrected chi connectivity index (χ1v) is 10.8. The molecular weight excluding hydrogens is 418 g/mol. The van der Waals surface area contributed by atoms with Crippen LogP contribution in [0.2, 0.25) is 5.02 Å². The quantitative estimate of drug-likeness (QED) is 0.769. The number of sulfonamides is 1. The van der Waals surface area contributed by atoms with Crippen molar-refractivity contribution in [2.24, 2.45) is 0 Å². The van der Waals surface area contributed by atoms with E-state index < -0.39 is 15.9 Å². The molecule has 0 unspecified atom stereocenters. The molecule has 29 heavy (non-hydrogen) atoms. The Balaban J connectivity index is 1.85. The third-order valence-corrected chi connectivity index (χ3v) is 6.71. The number of nitrogens with one attached hydrogen (secondary N) is 1. The molecule has 1 aliphatic rings. The summed E-state index contributed by atoms with van der Waals surface area (Å²) < 4.78 is 38.2. The summed E-state index contributed by atoms with van der Waals surface area (Å²) in [5, 5.41) is 2.73. The molecule has 1 aromatic heterocycles. The fourth-order valence-electron chi connectivity index (χ4n) is 3.09. The van der Waals surface area contributed by atoms with Crippen molar-refractivity contribution < 1.29 is 22.7 Å². The number of aromatic nitrogens is 1. The van der Waals surface area contributed by atoms with Gasteiger partial charge in [-0.2, -0.15) is 4.31 Å². The van der Waals surface area contributed by atoms with Gasteiger partial charge in [0.1, 0.15) is 4.90 Å². The van der Waals surface area contributed by atoms with Crippen molar-refractivity contribution in [1.29, 1.82) is 0 Å². The fourth-order valence-corrected chi connectivity index (χ4v) is 5.18. The third-order valence-electron chi connectivity index (χ3n) is 4.40. The first-order chi connectivity index (χ1) is 13.7. The Kier molecular flexibility index (Phi) is 6.42. The van der Waals surface area contributed by atoms with Crippen molar-refractivity contribution in [2.45, 2.75) is 31.0 Å². The first-order valence-electron chi connectivity index (χ1n) is 8.97. The second-order valence-corrected chi connectivity index (χ2v) is 9.08. The minimum Gasteiger partial charge on any atom is -0.481 e. The van der Waals surface area contributed by atoms with Crippen molar-refractivity contribution in [3.63, 3.8) is 0 Å². The number of anilines is 1.